The lowest BCUT2D eigenvalue weighted by Crippen LogP contribution is -2.37. The maximum absolute atomic E-state index is 12.6. The highest BCUT2D eigenvalue weighted by molar-refractivity contribution is 7.45. The molecule has 0 N–H and O–H groups in total. The van der Waals surface area contributed by atoms with Crippen molar-refractivity contribution in [3.8, 4) is 0 Å². The number of likely N-dealkylation sites (N-methyl/N-ethyl adjacent to an activating group) is 1. The molecule has 0 saturated carbocycles. The number of hydrogen-bond acceptors (Lipinski definition) is 8. The van der Waals surface area contributed by atoms with Crippen LogP contribution in [0.25, 0.3) is 0 Å². The molecule has 0 saturated heterocycles. The Labute approximate surface area is 319 Å². The van der Waals surface area contributed by atoms with Gasteiger partial charge in [-0.25, -0.2) is 0 Å². The Morgan fingerprint density at radius 3 is 1.56 bits per heavy atom. The molecule has 0 rings (SSSR count). The molecule has 306 valence electrons. The Morgan fingerprint density at radius 2 is 1.04 bits per heavy atom. The second kappa shape index (κ2) is 35.2. The first-order valence-corrected chi connectivity index (χ1v) is 22.5. The van der Waals surface area contributed by atoms with Gasteiger partial charge >= 0.3 is 11.9 Å². The highest BCUT2D eigenvalue weighted by Crippen LogP contribution is 2.38. The van der Waals surface area contributed by atoms with E-state index in [0.29, 0.717) is 17.4 Å². The molecule has 9 nitrogen and oxygen atoms in total. The molecule has 0 fully saturated rings. The number of phosphoric ester groups is 1. The van der Waals surface area contributed by atoms with E-state index < -0.39 is 26.5 Å². The van der Waals surface area contributed by atoms with Gasteiger partial charge in [-0.3, -0.25) is 14.2 Å². The number of unbranched alkanes of at least 4 members (excludes halogenated alkanes) is 20. The number of esters is 2. The van der Waals surface area contributed by atoms with Crippen LogP contribution in [0.15, 0.2) is 24.3 Å². The lowest BCUT2D eigenvalue weighted by atomic mass is 10.0. The Kier molecular flexibility index (Phi) is 34.2. The maximum Gasteiger partial charge on any atom is 0.306 e. The highest BCUT2D eigenvalue weighted by atomic mass is 31.2. The SMILES string of the molecule is CCCCC/C=C\C/C=C\CCCCCCCC(=O)O[C@H](COC(=O)CCCCCCCCCCCCCCC)COP(=O)([O-])OCC[N+](C)(C)C. The van der Waals surface area contributed by atoms with E-state index in [4.69, 9.17) is 18.5 Å². The number of quaternary nitrogens is 1. The third-order valence-corrected chi connectivity index (χ3v) is 9.94. The van der Waals surface area contributed by atoms with Gasteiger partial charge in [0.15, 0.2) is 6.10 Å². The fraction of sp³-hybridized carbons (Fsp3) is 0.857. The molecule has 0 aliphatic rings. The van der Waals surface area contributed by atoms with Crippen LogP contribution in [-0.2, 0) is 32.7 Å². The summed E-state index contributed by atoms with van der Waals surface area (Å²) in [5, 5.41) is 0. The van der Waals surface area contributed by atoms with Gasteiger partial charge in [-0.1, -0.05) is 147 Å². The Balaban J connectivity index is 4.41. The number of carbonyl (C=O) groups is 2. The zero-order chi connectivity index (χ0) is 38.6. The summed E-state index contributed by atoms with van der Waals surface area (Å²) in [5.74, 6) is -0.846. The Hall–Kier alpha value is -1.51. The average molecular weight is 758 g/mol. The van der Waals surface area contributed by atoms with Gasteiger partial charge in [-0.15, -0.1) is 0 Å². The van der Waals surface area contributed by atoms with Crippen molar-refractivity contribution in [2.75, 3.05) is 47.5 Å². The summed E-state index contributed by atoms with van der Waals surface area (Å²) in [7, 11) is 1.16. The zero-order valence-corrected chi connectivity index (χ0v) is 35.2. The standard InChI is InChI=1S/C42H80NO8P/c1-6-8-10-12-14-16-18-20-21-23-25-27-29-31-33-35-42(45)51-40(39-50-52(46,47)49-37-36-43(3,4)5)38-48-41(44)34-32-30-28-26-24-22-19-17-15-13-11-9-7-2/h14,16,20-21,40H,6-13,15,17-19,22-39H2,1-5H3/b16-14-,21-20-/t40-/m1/s1. The molecule has 0 heterocycles. The normalized spacial score (nSPS) is 13.9. The minimum Gasteiger partial charge on any atom is -0.756 e. The van der Waals surface area contributed by atoms with Gasteiger partial charge in [0.05, 0.1) is 27.7 Å². The van der Waals surface area contributed by atoms with Gasteiger partial charge in [0.2, 0.25) is 0 Å². The summed E-state index contributed by atoms with van der Waals surface area (Å²) >= 11 is 0. The van der Waals surface area contributed by atoms with Crippen molar-refractivity contribution < 1.29 is 42.1 Å². The number of allylic oxidation sites excluding steroid dienone is 4. The quantitative estimate of drug-likeness (QED) is 0.0201. The van der Waals surface area contributed by atoms with Crippen LogP contribution in [0.2, 0.25) is 0 Å². The van der Waals surface area contributed by atoms with Gasteiger partial charge < -0.3 is 27.9 Å². The van der Waals surface area contributed by atoms with E-state index in [9.17, 15) is 19.0 Å². The predicted molar refractivity (Wildman–Crippen MR) is 213 cm³/mol. The van der Waals surface area contributed by atoms with Crippen molar-refractivity contribution in [2.24, 2.45) is 0 Å². The number of nitrogens with zero attached hydrogens (tertiary/aromatic N) is 1. The molecule has 0 aromatic heterocycles. The lowest BCUT2D eigenvalue weighted by molar-refractivity contribution is -0.870. The molecule has 52 heavy (non-hydrogen) atoms. The topological polar surface area (TPSA) is 111 Å². The van der Waals surface area contributed by atoms with Crippen molar-refractivity contribution in [1.82, 2.24) is 0 Å². The monoisotopic (exact) mass is 758 g/mol. The van der Waals surface area contributed by atoms with Gasteiger partial charge in [0, 0.05) is 12.8 Å². The van der Waals surface area contributed by atoms with Crippen molar-refractivity contribution in [3.63, 3.8) is 0 Å². The molecule has 0 spiro atoms. The summed E-state index contributed by atoms with van der Waals surface area (Å²) in [6, 6.07) is 0. The van der Waals surface area contributed by atoms with Crippen LogP contribution in [0.5, 0.6) is 0 Å². The van der Waals surface area contributed by atoms with Crippen LogP contribution in [0.3, 0.4) is 0 Å². The molecule has 0 aliphatic heterocycles. The molecule has 0 aliphatic carbocycles. The van der Waals surface area contributed by atoms with Gasteiger partial charge in [0.25, 0.3) is 7.82 Å². The van der Waals surface area contributed by atoms with Crippen LogP contribution in [0.1, 0.15) is 181 Å². The van der Waals surface area contributed by atoms with E-state index in [2.05, 4.69) is 38.2 Å². The highest BCUT2D eigenvalue weighted by Gasteiger charge is 2.21. The molecule has 0 bridgehead atoms. The molecular weight excluding hydrogens is 677 g/mol. The molecule has 0 aromatic rings. The largest absolute Gasteiger partial charge is 0.756 e. The second-order valence-corrected chi connectivity index (χ2v) is 16.8. The van der Waals surface area contributed by atoms with Crippen LogP contribution in [-0.4, -0.2) is 70.0 Å². The first-order chi connectivity index (χ1) is 25.0. The van der Waals surface area contributed by atoms with Crippen molar-refractivity contribution in [2.45, 2.75) is 187 Å². The number of carbonyl (C=O) groups excluding carboxylic acids is 2. The number of hydrogen-bond donors (Lipinski definition) is 0. The third-order valence-electron chi connectivity index (χ3n) is 8.97. The summed E-state index contributed by atoms with van der Waals surface area (Å²) in [5.41, 5.74) is 0. The van der Waals surface area contributed by atoms with E-state index >= 15 is 0 Å². The molecule has 0 aromatic carbocycles. The van der Waals surface area contributed by atoms with E-state index in [1.807, 2.05) is 21.1 Å². The van der Waals surface area contributed by atoms with Crippen LogP contribution < -0.4 is 4.89 Å². The van der Waals surface area contributed by atoms with Crippen molar-refractivity contribution in [3.05, 3.63) is 24.3 Å². The van der Waals surface area contributed by atoms with Gasteiger partial charge in [0.1, 0.15) is 19.8 Å². The summed E-state index contributed by atoms with van der Waals surface area (Å²) < 4.78 is 33.8. The van der Waals surface area contributed by atoms with E-state index in [-0.39, 0.29) is 32.0 Å². The fourth-order valence-corrected chi connectivity index (χ4v) is 6.35. The maximum atomic E-state index is 12.6. The fourth-order valence-electron chi connectivity index (χ4n) is 5.63. The smallest absolute Gasteiger partial charge is 0.306 e. The van der Waals surface area contributed by atoms with Crippen LogP contribution in [0, 0.1) is 0 Å². The molecular formula is C42H80NO8P. The molecule has 10 heteroatoms. The molecule has 1 unspecified atom stereocenters. The van der Waals surface area contributed by atoms with Crippen LogP contribution >= 0.6 is 7.82 Å². The minimum atomic E-state index is -4.62. The predicted octanol–water partition coefficient (Wildman–Crippen LogP) is 10.9. The Bertz CT molecular complexity index is 949. The van der Waals surface area contributed by atoms with Crippen LogP contribution in [0.4, 0.5) is 0 Å². The van der Waals surface area contributed by atoms with Gasteiger partial charge in [-0.05, 0) is 44.9 Å². The van der Waals surface area contributed by atoms with Gasteiger partial charge in [-0.2, -0.15) is 0 Å². The van der Waals surface area contributed by atoms with E-state index in [1.165, 1.54) is 89.9 Å². The number of ether oxygens (including phenoxy) is 2. The third kappa shape index (κ3) is 38.2. The summed E-state index contributed by atoms with van der Waals surface area (Å²) in [6.45, 7) is 4.18. The first kappa shape index (κ1) is 50.5. The second-order valence-electron chi connectivity index (χ2n) is 15.4. The summed E-state index contributed by atoms with van der Waals surface area (Å²) in [6.07, 6.45) is 36.2. The zero-order valence-electron chi connectivity index (χ0n) is 34.3. The molecule has 2 atom stereocenters. The molecule has 0 amide bonds. The minimum absolute atomic E-state index is 0.0321. The summed E-state index contributed by atoms with van der Waals surface area (Å²) in [4.78, 5) is 37.4. The Morgan fingerprint density at radius 1 is 0.596 bits per heavy atom. The van der Waals surface area contributed by atoms with Crippen molar-refractivity contribution in [1.29, 1.82) is 0 Å². The first-order valence-electron chi connectivity index (χ1n) is 21.0. The number of phosphoric acid groups is 1. The van der Waals surface area contributed by atoms with E-state index in [0.717, 1.165) is 57.8 Å². The lowest BCUT2D eigenvalue weighted by Gasteiger charge is -2.28. The average Bonchev–Trinajstić information content (AvgIpc) is 3.09. The molecule has 0 radical (unpaired) electrons. The van der Waals surface area contributed by atoms with E-state index in [1.54, 1.807) is 0 Å². The number of rotatable bonds is 38. The van der Waals surface area contributed by atoms with Crippen molar-refractivity contribution >= 4 is 19.8 Å².